The van der Waals surface area contributed by atoms with Crippen LogP contribution in [-0.4, -0.2) is 9.97 Å². The number of hydrogen-bond donors (Lipinski definition) is 1. The predicted molar refractivity (Wildman–Crippen MR) is 61.9 cm³/mol. The molecule has 0 radical (unpaired) electrons. The van der Waals surface area contributed by atoms with Crippen LogP contribution in [0.2, 0.25) is 0 Å². The van der Waals surface area contributed by atoms with E-state index in [1.54, 1.807) is 36.7 Å². The van der Waals surface area contributed by atoms with Crippen molar-refractivity contribution in [3.63, 3.8) is 0 Å². The lowest BCUT2D eigenvalue weighted by Gasteiger charge is -2.08. The molecule has 0 aliphatic carbocycles. The van der Waals surface area contributed by atoms with Crippen molar-refractivity contribution in [1.29, 1.82) is 5.26 Å². The summed E-state index contributed by atoms with van der Waals surface area (Å²) >= 11 is 0. The minimum atomic E-state index is 0.243. The van der Waals surface area contributed by atoms with E-state index >= 15 is 0 Å². The number of rotatable bonds is 3. The van der Waals surface area contributed by atoms with Gasteiger partial charge in [0.15, 0.2) is 11.6 Å². The summed E-state index contributed by atoms with van der Waals surface area (Å²) in [5.41, 5.74) is 6.72. The first-order chi connectivity index (χ1) is 8.31. The highest BCUT2D eigenvalue weighted by Crippen LogP contribution is 2.18. The summed E-state index contributed by atoms with van der Waals surface area (Å²) in [6.45, 7) is 0.243. The molecule has 2 rings (SSSR count). The zero-order chi connectivity index (χ0) is 12.1. The van der Waals surface area contributed by atoms with Gasteiger partial charge in [-0.1, -0.05) is 6.07 Å². The van der Waals surface area contributed by atoms with Gasteiger partial charge in [-0.05, 0) is 18.2 Å². The van der Waals surface area contributed by atoms with Crippen LogP contribution in [0.1, 0.15) is 11.3 Å². The predicted octanol–water partition coefficient (Wildman–Crippen LogP) is 1.51. The van der Waals surface area contributed by atoms with Crippen molar-refractivity contribution in [2.45, 2.75) is 6.61 Å². The van der Waals surface area contributed by atoms with E-state index in [1.807, 2.05) is 6.07 Å². The highest BCUT2D eigenvalue weighted by Gasteiger charge is 2.05. The van der Waals surface area contributed by atoms with Gasteiger partial charge in [-0.15, -0.1) is 0 Å². The molecule has 0 aliphatic heterocycles. The number of aromatic nitrogens is 2. The van der Waals surface area contributed by atoms with Crippen molar-refractivity contribution < 1.29 is 4.74 Å². The van der Waals surface area contributed by atoms with Crippen LogP contribution in [0.25, 0.3) is 0 Å². The minimum Gasteiger partial charge on any atom is -0.485 e. The van der Waals surface area contributed by atoms with E-state index in [0.717, 1.165) is 5.56 Å². The number of pyridine rings is 2. The zero-order valence-electron chi connectivity index (χ0n) is 9.00. The SMILES string of the molecule is N#Cc1ncccc1COc1cccnc1N. The molecule has 0 aliphatic rings. The van der Waals surface area contributed by atoms with Crippen LogP contribution in [0.5, 0.6) is 5.75 Å². The maximum Gasteiger partial charge on any atom is 0.166 e. The molecule has 2 aromatic rings. The van der Waals surface area contributed by atoms with Crippen LogP contribution in [-0.2, 0) is 6.61 Å². The fourth-order valence-corrected chi connectivity index (χ4v) is 1.34. The molecule has 0 saturated carbocycles. The Labute approximate surface area is 98.5 Å². The lowest BCUT2D eigenvalue weighted by atomic mass is 10.2. The van der Waals surface area contributed by atoms with Crippen molar-refractivity contribution in [3.8, 4) is 11.8 Å². The second kappa shape index (κ2) is 4.94. The molecule has 5 nitrogen and oxygen atoms in total. The van der Waals surface area contributed by atoms with Crippen molar-refractivity contribution in [2.75, 3.05) is 5.73 Å². The van der Waals surface area contributed by atoms with Gasteiger partial charge in [0, 0.05) is 18.0 Å². The van der Waals surface area contributed by atoms with Gasteiger partial charge in [0.1, 0.15) is 18.4 Å². The Bertz CT molecular complexity index is 562. The standard InChI is InChI=1S/C12H10N4O/c13-7-10-9(3-1-5-15-10)8-17-11-4-2-6-16-12(11)14/h1-6H,8H2,(H2,14,16). The average molecular weight is 226 g/mol. The minimum absolute atomic E-state index is 0.243. The Kier molecular flexibility index (Phi) is 3.17. The lowest BCUT2D eigenvalue weighted by molar-refractivity contribution is 0.306. The quantitative estimate of drug-likeness (QED) is 0.857. The molecule has 0 aromatic carbocycles. The van der Waals surface area contributed by atoms with E-state index in [-0.39, 0.29) is 6.61 Å². The van der Waals surface area contributed by atoms with E-state index in [2.05, 4.69) is 9.97 Å². The first-order valence-electron chi connectivity index (χ1n) is 4.98. The number of nitrogens with two attached hydrogens (primary N) is 1. The number of nitrogen functional groups attached to an aromatic ring is 1. The van der Waals surface area contributed by atoms with Crippen LogP contribution in [0.15, 0.2) is 36.7 Å². The largest absolute Gasteiger partial charge is 0.485 e. The Morgan fingerprint density at radius 2 is 2.00 bits per heavy atom. The third-order valence-electron chi connectivity index (χ3n) is 2.18. The molecular weight excluding hydrogens is 216 g/mol. The number of nitriles is 1. The molecule has 0 spiro atoms. The van der Waals surface area contributed by atoms with Crippen molar-refractivity contribution in [1.82, 2.24) is 9.97 Å². The molecule has 5 heteroatoms. The first kappa shape index (κ1) is 10.9. The third kappa shape index (κ3) is 2.49. The second-order valence-corrected chi connectivity index (χ2v) is 3.30. The Balaban J connectivity index is 2.13. The van der Waals surface area contributed by atoms with E-state index in [1.165, 1.54) is 0 Å². The maximum atomic E-state index is 8.87. The zero-order valence-corrected chi connectivity index (χ0v) is 9.00. The highest BCUT2D eigenvalue weighted by atomic mass is 16.5. The molecular formula is C12H10N4O. The summed E-state index contributed by atoms with van der Waals surface area (Å²) < 4.78 is 5.49. The van der Waals surface area contributed by atoms with E-state index in [9.17, 15) is 0 Å². The summed E-state index contributed by atoms with van der Waals surface area (Å²) in [5, 5.41) is 8.87. The Hall–Kier alpha value is -2.61. The topological polar surface area (TPSA) is 84.8 Å². The number of anilines is 1. The molecule has 2 heterocycles. The first-order valence-corrected chi connectivity index (χ1v) is 4.98. The normalized spacial score (nSPS) is 9.59. The fourth-order valence-electron chi connectivity index (χ4n) is 1.34. The summed E-state index contributed by atoms with van der Waals surface area (Å²) in [6, 6.07) is 9.02. The molecule has 0 atom stereocenters. The maximum absolute atomic E-state index is 8.87. The van der Waals surface area contributed by atoms with Crippen molar-refractivity contribution >= 4 is 5.82 Å². The molecule has 0 amide bonds. The molecule has 0 saturated heterocycles. The lowest BCUT2D eigenvalue weighted by Crippen LogP contribution is -2.02. The van der Waals surface area contributed by atoms with Crippen molar-refractivity contribution in [2.24, 2.45) is 0 Å². The molecule has 0 bridgehead atoms. The molecule has 0 unspecified atom stereocenters. The molecule has 84 valence electrons. The van der Waals surface area contributed by atoms with Gasteiger partial charge < -0.3 is 10.5 Å². The molecule has 0 fully saturated rings. The summed E-state index contributed by atoms with van der Waals surface area (Å²) in [4.78, 5) is 7.85. The monoisotopic (exact) mass is 226 g/mol. The molecule has 2 aromatic heterocycles. The van der Waals surface area contributed by atoms with Crippen LogP contribution in [0.3, 0.4) is 0 Å². The van der Waals surface area contributed by atoms with Gasteiger partial charge in [0.05, 0.1) is 0 Å². The number of ether oxygens (including phenoxy) is 1. The smallest absolute Gasteiger partial charge is 0.166 e. The van der Waals surface area contributed by atoms with Gasteiger partial charge in [0.25, 0.3) is 0 Å². The number of nitrogens with zero attached hydrogens (tertiary/aromatic N) is 3. The fraction of sp³-hybridized carbons (Fsp3) is 0.0833. The van der Waals surface area contributed by atoms with Crippen molar-refractivity contribution in [3.05, 3.63) is 47.9 Å². The highest BCUT2D eigenvalue weighted by molar-refractivity contribution is 5.45. The van der Waals surface area contributed by atoms with Crippen LogP contribution >= 0.6 is 0 Å². The van der Waals surface area contributed by atoms with Gasteiger partial charge in [-0.2, -0.15) is 5.26 Å². The molecule has 17 heavy (non-hydrogen) atoms. The summed E-state index contributed by atoms with van der Waals surface area (Å²) in [5.74, 6) is 0.829. The van der Waals surface area contributed by atoms with Gasteiger partial charge in [-0.3, -0.25) is 0 Å². The van der Waals surface area contributed by atoms with Gasteiger partial charge in [0.2, 0.25) is 0 Å². The summed E-state index contributed by atoms with van der Waals surface area (Å²) in [7, 11) is 0. The van der Waals surface area contributed by atoms with E-state index in [0.29, 0.717) is 17.3 Å². The Morgan fingerprint density at radius 1 is 1.24 bits per heavy atom. The van der Waals surface area contributed by atoms with Gasteiger partial charge >= 0.3 is 0 Å². The second-order valence-electron chi connectivity index (χ2n) is 3.30. The van der Waals surface area contributed by atoms with Gasteiger partial charge in [-0.25, -0.2) is 9.97 Å². The van der Waals surface area contributed by atoms with E-state index in [4.69, 9.17) is 15.7 Å². The Morgan fingerprint density at radius 3 is 2.76 bits per heavy atom. The van der Waals surface area contributed by atoms with Crippen LogP contribution in [0.4, 0.5) is 5.82 Å². The summed E-state index contributed by atoms with van der Waals surface area (Å²) in [6.07, 6.45) is 3.16. The van der Waals surface area contributed by atoms with Crippen LogP contribution in [0, 0.1) is 11.3 Å². The third-order valence-corrected chi connectivity index (χ3v) is 2.18. The molecule has 2 N–H and O–H groups in total. The van der Waals surface area contributed by atoms with Crippen LogP contribution < -0.4 is 10.5 Å². The van der Waals surface area contributed by atoms with E-state index < -0.39 is 0 Å². The number of hydrogen-bond acceptors (Lipinski definition) is 5. The average Bonchev–Trinajstić information content (AvgIpc) is 2.38.